The van der Waals surface area contributed by atoms with Crippen LogP contribution in [0.1, 0.15) is 18.7 Å². The van der Waals surface area contributed by atoms with Crippen molar-refractivity contribution < 1.29 is 18.7 Å². The van der Waals surface area contributed by atoms with Gasteiger partial charge in [-0.15, -0.1) is 0 Å². The highest BCUT2D eigenvalue weighted by Gasteiger charge is 2.43. The van der Waals surface area contributed by atoms with Crippen molar-refractivity contribution in [1.29, 1.82) is 0 Å². The van der Waals surface area contributed by atoms with Crippen molar-refractivity contribution in [2.75, 3.05) is 37.7 Å². The lowest BCUT2D eigenvalue weighted by Crippen LogP contribution is -2.57. The number of aliphatic imine (C=N–C) groups is 1. The van der Waals surface area contributed by atoms with Crippen LogP contribution in [0.2, 0.25) is 0 Å². The number of amides is 1. The van der Waals surface area contributed by atoms with Gasteiger partial charge in [-0.25, -0.2) is 4.99 Å². The number of guanidine groups is 1. The molecule has 1 saturated heterocycles. The van der Waals surface area contributed by atoms with Gasteiger partial charge in [0.2, 0.25) is 11.9 Å². The van der Waals surface area contributed by atoms with E-state index in [4.69, 9.17) is 9.15 Å². The Labute approximate surface area is 169 Å². The number of hydrogen-bond acceptors (Lipinski definition) is 7. The molecule has 8 nitrogen and oxygen atoms in total. The van der Waals surface area contributed by atoms with Gasteiger partial charge in [-0.05, 0) is 31.2 Å². The molecular weight excluding hydrogens is 372 g/mol. The number of carbonyl (C=O) groups is 2. The van der Waals surface area contributed by atoms with Crippen LogP contribution in [0.15, 0.2) is 58.1 Å². The summed E-state index contributed by atoms with van der Waals surface area (Å²) in [4.78, 5) is 34.2. The Morgan fingerprint density at radius 2 is 1.86 bits per heavy atom. The summed E-state index contributed by atoms with van der Waals surface area (Å²) < 4.78 is 10.6. The third-order valence-corrected chi connectivity index (χ3v) is 5.17. The van der Waals surface area contributed by atoms with Crippen molar-refractivity contribution >= 4 is 23.5 Å². The van der Waals surface area contributed by atoms with Crippen LogP contribution in [0.3, 0.4) is 0 Å². The Hall–Kier alpha value is -3.29. The number of benzene rings is 1. The molecule has 1 aromatic carbocycles. The molecule has 152 valence electrons. The second-order valence-electron chi connectivity index (χ2n) is 6.94. The number of ether oxygens (including phenoxy) is 1. The monoisotopic (exact) mass is 396 g/mol. The van der Waals surface area contributed by atoms with Crippen LogP contribution in [0.25, 0.3) is 0 Å². The van der Waals surface area contributed by atoms with Gasteiger partial charge in [0.05, 0.1) is 12.9 Å². The molecule has 8 heteroatoms. The van der Waals surface area contributed by atoms with E-state index in [9.17, 15) is 9.59 Å². The Bertz CT molecular complexity index is 873. The van der Waals surface area contributed by atoms with E-state index in [2.05, 4.69) is 27.3 Å². The minimum atomic E-state index is -1.06. The lowest BCUT2D eigenvalue weighted by Gasteiger charge is -2.39. The summed E-state index contributed by atoms with van der Waals surface area (Å²) in [6.07, 6.45) is 1.51. The standard InChI is InChI=1S/C21H24N4O4/c1-2-28-20(27)17-18(16-9-6-14-29-16)22-21(23-19(17)26)25-12-10-24(11-13-25)15-7-4-3-5-8-15/h3-9,14,17-18H,2,10-13H2,1H3,(H,22,23,26). The zero-order chi connectivity index (χ0) is 20.2. The molecular formula is C21H24N4O4. The van der Waals surface area contributed by atoms with E-state index in [0.717, 1.165) is 13.1 Å². The summed E-state index contributed by atoms with van der Waals surface area (Å²) in [6.45, 7) is 4.95. The fourth-order valence-electron chi connectivity index (χ4n) is 3.70. The Balaban J connectivity index is 1.53. The molecule has 0 radical (unpaired) electrons. The van der Waals surface area contributed by atoms with Crippen molar-refractivity contribution in [3.8, 4) is 0 Å². The lowest BCUT2D eigenvalue weighted by molar-refractivity contribution is -0.153. The molecule has 0 saturated carbocycles. The number of rotatable bonds is 4. The van der Waals surface area contributed by atoms with Gasteiger partial charge in [0.1, 0.15) is 11.8 Å². The van der Waals surface area contributed by atoms with Crippen molar-refractivity contribution in [2.45, 2.75) is 13.0 Å². The summed E-state index contributed by atoms with van der Waals surface area (Å²) in [5.74, 6) is -1.12. The van der Waals surface area contributed by atoms with E-state index < -0.39 is 23.8 Å². The number of esters is 1. The molecule has 29 heavy (non-hydrogen) atoms. The maximum absolute atomic E-state index is 12.8. The van der Waals surface area contributed by atoms with Gasteiger partial charge in [-0.2, -0.15) is 0 Å². The molecule has 0 spiro atoms. The molecule has 0 bridgehead atoms. The molecule has 2 unspecified atom stereocenters. The third-order valence-electron chi connectivity index (χ3n) is 5.17. The van der Waals surface area contributed by atoms with Gasteiger partial charge in [0.25, 0.3) is 0 Å². The first-order valence-electron chi connectivity index (χ1n) is 9.81. The average molecular weight is 396 g/mol. The fraction of sp³-hybridized carbons (Fsp3) is 0.381. The molecule has 2 aromatic rings. The van der Waals surface area contributed by atoms with E-state index in [-0.39, 0.29) is 6.61 Å². The first-order chi connectivity index (χ1) is 14.2. The largest absolute Gasteiger partial charge is 0.467 e. The van der Waals surface area contributed by atoms with E-state index in [0.29, 0.717) is 24.8 Å². The quantitative estimate of drug-likeness (QED) is 0.627. The molecule has 1 aromatic heterocycles. The molecule has 2 aliphatic heterocycles. The fourth-order valence-corrected chi connectivity index (χ4v) is 3.70. The van der Waals surface area contributed by atoms with E-state index >= 15 is 0 Å². The second kappa shape index (κ2) is 8.38. The van der Waals surface area contributed by atoms with Crippen LogP contribution in [0.5, 0.6) is 0 Å². The van der Waals surface area contributed by atoms with Gasteiger partial charge in [-0.1, -0.05) is 18.2 Å². The van der Waals surface area contributed by atoms with Crippen LogP contribution in [-0.2, 0) is 14.3 Å². The molecule has 1 fully saturated rings. The molecule has 3 heterocycles. The molecule has 1 amide bonds. The Kier molecular flexibility index (Phi) is 5.50. The number of furan rings is 1. The zero-order valence-corrected chi connectivity index (χ0v) is 16.3. The molecule has 1 N–H and O–H groups in total. The number of nitrogens with one attached hydrogen (secondary N) is 1. The summed E-state index contributed by atoms with van der Waals surface area (Å²) in [5, 5.41) is 2.80. The first kappa shape index (κ1) is 19.0. The van der Waals surface area contributed by atoms with Gasteiger partial charge in [0, 0.05) is 31.9 Å². The van der Waals surface area contributed by atoms with Gasteiger partial charge in [0.15, 0.2) is 5.92 Å². The highest BCUT2D eigenvalue weighted by atomic mass is 16.5. The van der Waals surface area contributed by atoms with Crippen molar-refractivity contribution in [3.05, 3.63) is 54.5 Å². The van der Waals surface area contributed by atoms with Crippen LogP contribution < -0.4 is 10.2 Å². The summed E-state index contributed by atoms with van der Waals surface area (Å²) in [7, 11) is 0. The number of para-hydroxylation sites is 1. The number of anilines is 1. The SMILES string of the molecule is CCOC(=O)C1C(=O)NC(N2CCN(c3ccccc3)CC2)=NC1c1ccco1. The van der Waals surface area contributed by atoms with Crippen LogP contribution in [0, 0.1) is 5.92 Å². The number of hydrogen-bond donors (Lipinski definition) is 1. The minimum Gasteiger partial charge on any atom is -0.467 e. The highest BCUT2D eigenvalue weighted by Crippen LogP contribution is 2.31. The number of piperazine rings is 1. The predicted molar refractivity (Wildman–Crippen MR) is 107 cm³/mol. The topological polar surface area (TPSA) is 87.4 Å². The average Bonchev–Trinajstić information content (AvgIpc) is 3.29. The number of carbonyl (C=O) groups excluding carboxylic acids is 2. The van der Waals surface area contributed by atoms with E-state index in [1.165, 1.54) is 12.0 Å². The van der Waals surface area contributed by atoms with Gasteiger partial charge in [-0.3, -0.25) is 14.9 Å². The molecule has 2 aliphatic rings. The van der Waals surface area contributed by atoms with Crippen LogP contribution in [-0.4, -0.2) is 55.5 Å². The molecule has 0 aliphatic carbocycles. The van der Waals surface area contributed by atoms with Crippen LogP contribution >= 0.6 is 0 Å². The van der Waals surface area contributed by atoms with Crippen molar-refractivity contribution in [2.24, 2.45) is 10.9 Å². The molecule has 4 rings (SSSR count). The van der Waals surface area contributed by atoms with E-state index in [1.54, 1.807) is 19.1 Å². The van der Waals surface area contributed by atoms with Gasteiger partial charge < -0.3 is 19.0 Å². The minimum absolute atomic E-state index is 0.200. The second-order valence-corrected chi connectivity index (χ2v) is 6.94. The maximum atomic E-state index is 12.8. The van der Waals surface area contributed by atoms with Crippen LogP contribution in [0.4, 0.5) is 5.69 Å². The van der Waals surface area contributed by atoms with Gasteiger partial charge >= 0.3 is 5.97 Å². The third kappa shape index (κ3) is 3.96. The molecule has 2 atom stereocenters. The van der Waals surface area contributed by atoms with E-state index in [1.807, 2.05) is 23.1 Å². The Morgan fingerprint density at radius 1 is 1.14 bits per heavy atom. The van der Waals surface area contributed by atoms with Crippen molar-refractivity contribution in [3.63, 3.8) is 0 Å². The van der Waals surface area contributed by atoms with Crippen molar-refractivity contribution in [1.82, 2.24) is 10.2 Å². The zero-order valence-electron chi connectivity index (χ0n) is 16.3. The summed E-state index contributed by atoms with van der Waals surface area (Å²) >= 11 is 0. The summed E-state index contributed by atoms with van der Waals surface area (Å²) in [6, 6.07) is 12.9. The smallest absolute Gasteiger partial charge is 0.321 e. The normalized spacial score (nSPS) is 22.1. The predicted octanol–water partition coefficient (Wildman–Crippen LogP) is 1.81. The Morgan fingerprint density at radius 3 is 2.52 bits per heavy atom. The maximum Gasteiger partial charge on any atom is 0.321 e. The highest BCUT2D eigenvalue weighted by molar-refractivity contribution is 6.08. The lowest BCUT2D eigenvalue weighted by atomic mass is 9.95. The number of nitrogens with zero attached hydrogens (tertiary/aromatic N) is 3. The summed E-state index contributed by atoms with van der Waals surface area (Å²) in [5.41, 5.74) is 1.18. The first-order valence-corrected chi connectivity index (χ1v) is 9.81.